The smallest absolute Gasteiger partial charge is 0.247 e. The van der Waals surface area contributed by atoms with Crippen molar-refractivity contribution in [2.75, 3.05) is 131 Å². The molecule has 4 aromatic carbocycles. The van der Waals surface area contributed by atoms with Gasteiger partial charge in [-0.05, 0) is 66.8 Å². The molecule has 702 valence electrons. The Morgan fingerprint density at radius 2 is 0.689 bits per heavy atom. The van der Waals surface area contributed by atoms with Gasteiger partial charge in [-0.2, -0.15) is 5.10 Å². The molecule has 0 radical (unpaired) electrons. The minimum Gasteiger partial charge on any atom is -0.495 e. The summed E-state index contributed by atoms with van der Waals surface area (Å²) in [5, 5.41) is 43.0. The van der Waals surface area contributed by atoms with Crippen LogP contribution in [0.4, 0.5) is 32.1 Å². The summed E-state index contributed by atoms with van der Waals surface area (Å²) in [5.41, 5.74) is 5.29. The molecule has 135 heavy (non-hydrogen) atoms. The minimum absolute atomic E-state index is 0.00653. The maximum absolute atomic E-state index is 14.9. The van der Waals surface area contributed by atoms with E-state index in [1.165, 1.54) is 87.4 Å². The number of methoxy groups -OCH3 is 9. The number of anilines is 4. The van der Waals surface area contributed by atoms with Crippen LogP contribution in [0.3, 0.4) is 0 Å². The SMILES string of the molecule is C=CC(=O)N[C@H]1CNC[C@H]1Nc1cc2cnc(-c3c(Cl)c(OC)cc(OC)c3Cl)cc2cn1.C=CC(=O)N[C@H]1CNC[C@H]1Nc1cc2cnc(-c3c(F)c(OC)cc(OC)c3F)cc2cn1.C=CC(=O)N[C@H]1CNC[C@H]1Nc1ncc2cc(-c3c(Cl)c(OC)cc(OC)c3Cl)ncc2n1.C=CC(=O)Nc1cnn(CCOC)c1-c1cc2cnc(-c3c(Cl)c(OC)cc(OC)c3Cl)cc2cn1. The maximum atomic E-state index is 14.9. The predicted octanol–water partition coefficient (Wildman–Crippen LogP) is 14.6. The molecule has 3 aliphatic heterocycles. The average molecular weight is 1960 g/mol. The van der Waals surface area contributed by atoms with Gasteiger partial charge in [0, 0.05) is 168 Å². The molecule has 42 heteroatoms. The van der Waals surface area contributed by atoms with Crippen LogP contribution in [0.15, 0.2) is 173 Å². The van der Waals surface area contributed by atoms with Gasteiger partial charge in [0.05, 0.1) is 194 Å². The Morgan fingerprint density at radius 3 is 1.06 bits per heavy atom. The van der Waals surface area contributed by atoms with Crippen molar-refractivity contribution in [3.05, 3.63) is 215 Å². The molecule has 3 saturated heterocycles. The Balaban J connectivity index is 0.000000153. The second-order valence-corrected chi connectivity index (χ2v) is 32.2. The van der Waals surface area contributed by atoms with E-state index in [1.807, 2.05) is 24.3 Å². The fourth-order valence-electron chi connectivity index (χ4n) is 14.9. The number of benzene rings is 4. The number of nitrogens with zero attached hydrogens (tertiary/aromatic N) is 11. The number of fused-ring (bicyclic) bond motifs is 4. The van der Waals surface area contributed by atoms with Crippen LogP contribution in [0.25, 0.3) is 99.6 Å². The lowest BCUT2D eigenvalue weighted by Crippen LogP contribution is -2.45. The Kier molecular flexibility index (Phi) is 33.2. The first-order chi connectivity index (χ1) is 65.2. The van der Waals surface area contributed by atoms with Gasteiger partial charge in [-0.25, -0.2) is 28.7 Å². The Bertz CT molecular complexity index is 6130. The molecule has 13 aromatic rings. The number of rotatable bonds is 30. The molecule has 16 rings (SSSR count). The molecule has 34 nitrogen and oxygen atoms in total. The first kappa shape index (κ1) is 98.8. The molecule has 10 N–H and O–H groups in total. The number of hydrogen-bond acceptors (Lipinski definition) is 29. The van der Waals surface area contributed by atoms with Crippen molar-refractivity contribution in [2.24, 2.45) is 0 Å². The van der Waals surface area contributed by atoms with Gasteiger partial charge in [0.15, 0.2) is 23.1 Å². The maximum Gasteiger partial charge on any atom is 0.247 e. The summed E-state index contributed by atoms with van der Waals surface area (Å²) in [6.45, 7) is 18.8. The molecule has 0 bridgehead atoms. The number of aromatic nitrogens is 11. The van der Waals surface area contributed by atoms with E-state index in [0.29, 0.717) is 196 Å². The highest BCUT2D eigenvalue weighted by molar-refractivity contribution is 6.42. The number of ether oxygens (including phenoxy) is 9. The topological polar surface area (TPSA) is 405 Å². The molecular formula is C93H91Cl6F2N21O13. The van der Waals surface area contributed by atoms with Gasteiger partial charge >= 0.3 is 0 Å². The van der Waals surface area contributed by atoms with Crippen LogP contribution in [-0.4, -0.2) is 224 Å². The van der Waals surface area contributed by atoms with Crippen LogP contribution in [0.1, 0.15) is 0 Å². The van der Waals surface area contributed by atoms with Crippen molar-refractivity contribution >= 4 is 160 Å². The van der Waals surface area contributed by atoms with Crippen molar-refractivity contribution in [2.45, 2.75) is 42.8 Å². The second-order valence-electron chi connectivity index (χ2n) is 29.9. The van der Waals surface area contributed by atoms with E-state index in [2.05, 4.69) is 129 Å². The summed E-state index contributed by atoms with van der Waals surface area (Å²) in [6.07, 6.45) is 19.8. The van der Waals surface area contributed by atoms with Crippen LogP contribution in [0.5, 0.6) is 46.0 Å². The predicted molar refractivity (Wildman–Crippen MR) is 519 cm³/mol. The van der Waals surface area contributed by atoms with Crippen LogP contribution >= 0.6 is 69.6 Å². The van der Waals surface area contributed by atoms with E-state index in [-0.39, 0.29) is 82.6 Å². The highest BCUT2D eigenvalue weighted by Gasteiger charge is 2.34. The van der Waals surface area contributed by atoms with Gasteiger partial charge < -0.3 is 95.8 Å². The number of nitrogens with one attached hydrogen (secondary N) is 10. The molecular weight excluding hydrogens is 1870 g/mol. The van der Waals surface area contributed by atoms with Gasteiger partial charge in [0.1, 0.15) is 51.8 Å². The van der Waals surface area contributed by atoms with E-state index in [4.69, 9.17) is 112 Å². The van der Waals surface area contributed by atoms with E-state index in [0.717, 1.165) is 38.4 Å². The molecule has 6 atom stereocenters. The minimum atomic E-state index is -0.866. The average Bonchev–Trinajstić information content (AvgIpc) is 1.18. The first-order valence-electron chi connectivity index (χ1n) is 41.3. The normalized spacial score (nSPS) is 15.8. The largest absolute Gasteiger partial charge is 0.495 e. The number of carbonyl (C=O) groups is 4. The van der Waals surface area contributed by atoms with Crippen LogP contribution in [-0.2, 0) is 30.5 Å². The number of pyridine rings is 7. The molecule has 9 aromatic heterocycles. The first-order valence-corrected chi connectivity index (χ1v) is 43.5. The highest BCUT2D eigenvalue weighted by Crippen LogP contribution is 2.50. The fourth-order valence-corrected chi connectivity index (χ4v) is 17.0. The monoisotopic (exact) mass is 1960 g/mol. The van der Waals surface area contributed by atoms with E-state index < -0.39 is 11.6 Å². The van der Waals surface area contributed by atoms with Crippen LogP contribution < -0.4 is 91.1 Å². The van der Waals surface area contributed by atoms with Gasteiger partial charge in [-0.15, -0.1) is 0 Å². The standard InChI is InChI=1S/C25H23Cl2N5O4.C23H23Cl2N5O3.C23H23F2N5O3.C22H22Cl2N6O3/c1-5-21(33)31-18-13-30-32(6-7-34-2)25(18)17-9-15-11-28-16(8-14(15)12-29-17)22-23(26)19(35-3)10-20(36-4)24(22)27;2*1-4-20(31)30-16-11-26-10-15(16)29-19-6-13-8-27-14(5-12(13)9-28-19)21-22(24)17(32-2)7-18(33-3)23(21)25;1-4-18(31)28-14-8-25-9-15(14)30-22-27-7-11-5-12(26-10-13(11)29-22)19-20(23)16(32-2)6-17(33-3)21(19)24/h5,8-13H,1,6-7H2,2-4H3,(H,31,33);2*4-9,15-16,26H,1,10-11H2,2-3H3,(H,28,29)(H,30,31);4-7,10,14-15,25H,1,8-9H2,2-3H3,(H,28,31)(H,27,29,30)/t;2*15-,16+;14-,15+/m.110/s1. The molecule has 0 spiro atoms. The van der Waals surface area contributed by atoms with Crippen molar-refractivity contribution in [1.82, 2.24) is 86.5 Å². The lowest BCUT2D eigenvalue weighted by atomic mass is 10.1. The quantitative estimate of drug-likeness (QED) is 0.0187. The van der Waals surface area contributed by atoms with Gasteiger partial charge in [-0.1, -0.05) is 95.9 Å². The zero-order chi connectivity index (χ0) is 96.4. The van der Waals surface area contributed by atoms with Crippen LogP contribution in [0.2, 0.25) is 30.1 Å². The third-order valence-electron chi connectivity index (χ3n) is 21.8. The van der Waals surface area contributed by atoms with Crippen molar-refractivity contribution in [1.29, 1.82) is 0 Å². The zero-order valence-electron chi connectivity index (χ0n) is 74.1. The number of carbonyl (C=O) groups excluding carboxylic acids is 4. The summed E-state index contributed by atoms with van der Waals surface area (Å²) < 4.78 is 78.8. The molecule has 0 saturated carbocycles. The van der Waals surface area contributed by atoms with E-state index >= 15 is 0 Å². The summed E-state index contributed by atoms with van der Waals surface area (Å²) >= 11 is 39.3. The fraction of sp³-hybridized carbons (Fsp3) is 0.247. The van der Waals surface area contributed by atoms with Gasteiger partial charge in [-0.3, -0.25) is 48.8 Å². The zero-order valence-corrected chi connectivity index (χ0v) is 78.6. The summed E-state index contributed by atoms with van der Waals surface area (Å²) in [4.78, 5) is 87.4. The van der Waals surface area contributed by atoms with Gasteiger partial charge in [0.25, 0.3) is 0 Å². The Hall–Kier alpha value is -13.7. The lowest BCUT2D eigenvalue weighted by Gasteiger charge is -2.21. The van der Waals surface area contributed by atoms with E-state index in [9.17, 15) is 28.0 Å². The summed E-state index contributed by atoms with van der Waals surface area (Å²) in [7, 11) is 13.3. The van der Waals surface area contributed by atoms with Crippen molar-refractivity contribution in [3.8, 4) is 102 Å². The van der Waals surface area contributed by atoms with E-state index in [1.54, 1.807) is 97.8 Å². The lowest BCUT2D eigenvalue weighted by molar-refractivity contribution is -0.117. The molecule has 4 amide bonds. The third kappa shape index (κ3) is 22.6. The molecule has 3 aliphatic rings. The molecule has 0 unspecified atom stereocenters. The number of amides is 4. The Morgan fingerprint density at radius 1 is 0.378 bits per heavy atom. The summed E-state index contributed by atoms with van der Waals surface area (Å²) in [6, 6.07) is 18.2. The molecule has 3 fully saturated rings. The third-order valence-corrected chi connectivity index (χ3v) is 24.0. The summed E-state index contributed by atoms with van der Waals surface area (Å²) in [5.74, 6) is 1.22. The van der Waals surface area contributed by atoms with Crippen molar-refractivity contribution < 1.29 is 70.6 Å². The van der Waals surface area contributed by atoms with Crippen molar-refractivity contribution in [3.63, 3.8) is 0 Å². The Labute approximate surface area is 803 Å². The highest BCUT2D eigenvalue weighted by atomic mass is 35.5. The molecule has 12 heterocycles. The number of hydrogen-bond donors (Lipinski definition) is 10. The second kappa shape index (κ2) is 45.4. The molecule has 0 aliphatic carbocycles. The van der Waals surface area contributed by atoms with Gasteiger partial charge in [0.2, 0.25) is 29.6 Å². The number of halogens is 8. The van der Waals surface area contributed by atoms with Crippen LogP contribution in [0, 0.1) is 11.6 Å².